The van der Waals surface area contributed by atoms with Crippen molar-refractivity contribution in [3.63, 3.8) is 0 Å². The summed E-state index contributed by atoms with van der Waals surface area (Å²) >= 11 is 0. The van der Waals surface area contributed by atoms with Crippen molar-refractivity contribution in [1.82, 2.24) is 15.3 Å². The molecule has 2 rings (SSSR count). The molecule has 2 unspecified atom stereocenters. The molecule has 1 aromatic heterocycles. The quantitative estimate of drug-likeness (QED) is 0.829. The Bertz CT molecular complexity index is 386. The molecule has 0 aliphatic carbocycles. The number of rotatable bonds is 2. The van der Waals surface area contributed by atoms with Gasteiger partial charge < -0.3 is 15.0 Å². The topological polar surface area (TPSA) is 50.3 Å². The summed E-state index contributed by atoms with van der Waals surface area (Å²) in [4.78, 5) is 11.0. The third kappa shape index (κ3) is 2.85. The minimum Gasteiger partial charge on any atom is -0.481 e. The number of piperazine rings is 1. The van der Waals surface area contributed by atoms with E-state index in [1.165, 1.54) is 0 Å². The second kappa shape index (κ2) is 4.87. The number of nitrogens with zero attached hydrogens (tertiary/aromatic N) is 3. The first-order valence-corrected chi connectivity index (χ1v) is 5.99. The van der Waals surface area contributed by atoms with E-state index >= 15 is 0 Å². The van der Waals surface area contributed by atoms with E-state index in [4.69, 9.17) is 4.74 Å². The fourth-order valence-corrected chi connectivity index (χ4v) is 2.31. The van der Waals surface area contributed by atoms with Crippen molar-refractivity contribution < 1.29 is 4.74 Å². The third-order valence-corrected chi connectivity index (χ3v) is 2.89. The first kappa shape index (κ1) is 12.1. The van der Waals surface area contributed by atoms with Crippen LogP contribution < -0.4 is 15.0 Å². The van der Waals surface area contributed by atoms with Gasteiger partial charge in [-0.3, -0.25) is 0 Å². The predicted octanol–water partition coefficient (Wildman–Crippen LogP) is 0.980. The van der Waals surface area contributed by atoms with Crippen molar-refractivity contribution in [1.29, 1.82) is 0 Å². The van der Waals surface area contributed by atoms with Crippen molar-refractivity contribution in [2.75, 3.05) is 25.1 Å². The molecule has 5 nitrogen and oxygen atoms in total. The average molecular weight is 236 g/mol. The molecule has 1 N–H and O–H groups in total. The average Bonchev–Trinajstić information content (AvgIpc) is 2.26. The molecule has 2 heterocycles. The lowest BCUT2D eigenvalue weighted by Crippen LogP contribution is -2.54. The highest BCUT2D eigenvalue weighted by atomic mass is 16.5. The molecule has 94 valence electrons. The van der Waals surface area contributed by atoms with Crippen molar-refractivity contribution >= 4 is 5.82 Å². The van der Waals surface area contributed by atoms with Gasteiger partial charge >= 0.3 is 0 Å². The third-order valence-electron chi connectivity index (χ3n) is 2.89. The number of nitrogens with one attached hydrogen (secondary N) is 1. The fourth-order valence-electron chi connectivity index (χ4n) is 2.31. The molecule has 0 saturated carbocycles. The van der Waals surface area contributed by atoms with E-state index in [0.29, 0.717) is 18.0 Å². The highest BCUT2D eigenvalue weighted by molar-refractivity contribution is 5.42. The summed E-state index contributed by atoms with van der Waals surface area (Å²) in [6.45, 7) is 8.19. The van der Waals surface area contributed by atoms with Gasteiger partial charge in [-0.2, -0.15) is 4.98 Å². The minimum absolute atomic E-state index is 0.472. The summed E-state index contributed by atoms with van der Waals surface area (Å²) in [5.74, 6) is 2.33. The van der Waals surface area contributed by atoms with Crippen LogP contribution in [-0.4, -0.2) is 42.3 Å². The Morgan fingerprint density at radius 3 is 2.53 bits per heavy atom. The largest absolute Gasteiger partial charge is 0.481 e. The summed E-state index contributed by atoms with van der Waals surface area (Å²) in [5, 5.41) is 3.51. The molecular formula is C12H20N4O. The molecule has 1 saturated heterocycles. The Morgan fingerprint density at radius 2 is 1.94 bits per heavy atom. The SMILES string of the molecule is COc1cc(N2CC(C)NC(C)C2)nc(C)n1. The summed E-state index contributed by atoms with van der Waals surface area (Å²) in [7, 11) is 1.63. The van der Waals surface area contributed by atoms with E-state index in [9.17, 15) is 0 Å². The number of ether oxygens (including phenoxy) is 1. The molecule has 17 heavy (non-hydrogen) atoms. The van der Waals surface area contributed by atoms with Crippen LogP contribution in [-0.2, 0) is 0 Å². The Morgan fingerprint density at radius 1 is 1.29 bits per heavy atom. The lowest BCUT2D eigenvalue weighted by molar-refractivity contribution is 0.390. The maximum Gasteiger partial charge on any atom is 0.218 e. The van der Waals surface area contributed by atoms with E-state index in [-0.39, 0.29) is 0 Å². The second-order valence-electron chi connectivity index (χ2n) is 4.69. The van der Waals surface area contributed by atoms with Gasteiger partial charge in [0.2, 0.25) is 5.88 Å². The lowest BCUT2D eigenvalue weighted by atomic mass is 10.1. The lowest BCUT2D eigenvalue weighted by Gasteiger charge is -2.36. The number of hydrogen-bond donors (Lipinski definition) is 1. The van der Waals surface area contributed by atoms with Crippen molar-refractivity contribution in [3.8, 4) is 5.88 Å². The minimum atomic E-state index is 0.472. The van der Waals surface area contributed by atoms with Gasteiger partial charge in [-0.1, -0.05) is 0 Å². The monoisotopic (exact) mass is 236 g/mol. The van der Waals surface area contributed by atoms with Crippen LogP contribution in [0, 0.1) is 6.92 Å². The zero-order valence-corrected chi connectivity index (χ0v) is 10.9. The number of anilines is 1. The van der Waals surface area contributed by atoms with Crippen LogP contribution in [0.1, 0.15) is 19.7 Å². The summed E-state index contributed by atoms with van der Waals surface area (Å²) in [5.41, 5.74) is 0. The van der Waals surface area contributed by atoms with Gasteiger partial charge in [0.15, 0.2) is 0 Å². The zero-order chi connectivity index (χ0) is 12.4. The van der Waals surface area contributed by atoms with Crippen LogP contribution in [0.5, 0.6) is 5.88 Å². The molecule has 1 aliphatic heterocycles. The van der Waals surface area contributed by atoms with E-state index in [1.54, 1.807) is 7.11 Å². The standard InChI is InChI=1S/C12H20N4O/c1-8-6-16(7-9(2)13-8)11-5-12(17-4)15-10(3)14-11/h5,8-9,13H,6-7H2,1-4H3. The molecule has 0 bridgehead atoms. The molecule has 5 heteroatoms. The number of aryl methyl sites for hydroxylation is 1. The van der Waals surface area contributed by atoms with Gasteiger partial charge in [-0.25, -0.2) is 4.98 Å². The molecule has 0 spiro atoms. The van der Waals surface area contributed by atoms with Gasteiger partial charge in [-0.05, 0) is 20.8 Å². The van der Waals surface area contributed by atoms with E-state index in [0.717, 1.165) is 24.7 Å². The summed E-state index contributed by atoms with van der Waals surface area (Å²) in [6.07, 6.45) is 0. The van der Waals surface area contributed by atoms with Crippen molar-refractivity contribution in [2.45, 2.75) is 32.9 Å². The zero-order valence-electron chi connectivity index (χ0n) is 10.9. The van der Waals surface area contributed by atoms with E-state index in [1.807, 2.05) is 13.0 Å². The van der Waals surface area contributed by atoms with E-state index < -0.39 is 0 Å². The van der Waals surface area contributed by atoms with Crippen LogP contribution in [0.4, 0.5) is 5.82 Å². The van der Waals surface area contributed by atoms with Gasteiger partial charge in [0, 0.05) is 31.2 Å². The smallest absolute Gasteiger partial charge is 0.218 e. The Labute approximate surface area is 102 Å². The number of hydrogen-bond acceptors (Lipinski definition) is 5. The summed E-state index contributed by atoms with van der Waals surface area (Å²) < 4.78 is 5.19. The van der Waals surface area contributed by atoms with Crippen molar-refractivity contribution in [2.24, 2.45) is 0 Å². The fraction of sp³-hybridized carbons (Fsp3) is 0.667. The molecule has 0 aromatic carbocycles. The molecule has 1 aliphatic rings. The van der Waals surface area contributed by atoms with Crippen LogP contribution in [0.15, 0.2) is 6.07 Å². The molecule has 0 amide bonds. The van der Waals surface area contributed by atoms with Crippen LogP contribution in [0.3, 0.4) is 0 Å². The first-order valence-electron chi connectivity index (χ1n) is 5.99. The van der Waals surface area contributed by atoms with Gasteiger partial charge in [0.25, 0.3) is 0 Å². The molecule has 0 radical (unpaired) electrons. The highest BCUT2D eigenvalue weighted by Gasteiger charge is 2.22. The van der Waals surface area contributed by atoms with Crippen LogP contribution >= 0.6 is 0 Å². The number of aromatic nitrogens is 2. The van der Waals surface area contributed by atoms with Gasteiger partial charge in [0.05, 0.1) is 7.11 Å². The van der Waals surface area contributed by atoms with Crippen LogP contribution in [0.2, 0.25) is 0 Å². The maximum atomic E-state index is 5.19. The maximum absolute atomic E-state index is 5.19. The van der Waals surface area contributed by atoms with Crippen LogP contribution in [0.25, 0.3) is 0 Å². The Hall–Kier alpha value is -1.36. The Balaban J connectivity index is 2.23. The first-order chi connectivity index (χ1) is 8.08. The Kier molecular flexibility index (Phi) is 3.47. The normalized spacial score (nSPS) is 24.8. The second-order valence-corrected chi connectivity index (χ2v) is 4.69. The molecule has 2 atom stereocenters. The summed E-state index contributed by atoms with van der Waals surface area (Å²) in [6, 6.07) is 2.85. The molecule has 1 fully saturated rings. The van der Waals surface area contributed by atoms with E-state index in [2.05, 4.69) is 34.0 Å². The predicted molar refractivity (Wildman–Crippen MR) is 67.6 cm³/mol. The number of methoxy groups -OCH3 is 1. The molecular weight excluding hydrogens is 216 g/mol. The van der Waals surface area contributed by atoms with Crippen molar-refractivity contribution in [3.05, 3.63) is 11.9 Å². The van der Waals surface area contributed by atoms with Gasteiger partial charge in [-0.15, -0.1) is 0 Å². The van der Waals surface area contributed by atoms with Gasteiger partial charge in [0.1, 0.15) is 11.6 Å². The highest BCUT2D eigenvalue weighted by Crippen LogP contribution is 2.19. The molecule has 1 aromatic rings.